The Morgan fingerprint density at radius 1 is 0.938 bits per heavy atom. The number of hydrogen-bond donors (Lipinski definition) is 0. The van der Waals surface area contributed by atoms with Crippen LogP contribution < -0.4 is 0 Å². The molecule has 80 valence electrons. The molecular weight excluding hydrogens is 259 g/mol. The van der Waals surface area contributed by atoms with Gasteiger partial charge in [0, 0.05) is 30.2 Å². The first-order valence-corrected chi connectivity index (χ1v) is 6.50. The molecule has 1 aromatic heterocycles. The van der Waals surface area contributed by atoms with E-state index in [1.165, 1.54) is 20.2 Å². The van der Waals surface area contributed by atoms with Crippen molar-refractivity contribution in [3.05, 3.63) is 45.9 Å². The van der Waals surface area contributed by atoms with Gasteiger partial charge in [0.05, 0.1) is 0 Å². The van der Waals surface area contributed by atoms with E-state index in [9.17, 15) is 0 Å². The third-order valence-electron chi connectivity index (χ3n) is 2.71. The first kappa shape index (κ1) is 10.4. The van der Waals surface area contributed by atoms with E-state index in [4.69, 9.17) is 23.2 Å². The largest absolute Gasteiger partial charge is 0.135 e. The number of thiophene rings is 1. The molecule has 0 atom stereocenters. The van der Waals surface area contributed by atoms with E-state index in [1.807, 2.05) is 25.1 Å². The van der Waals surface area contributed by atoms with Crippen LogP contribution in [0.3, 0.4) is 0 Å². The molecule has 0 bridgehead atoms. The number of aryl methyl sites for hydroxylation is 1. The Morgan fingerprint density at radius 3 is 2.50 bits per heavy atom. The Balaban J connectivity index is 2.51. The molecule has 0 saturated carbocycles. The molecule has 0 unspecified atom stereocenters. The monoisotopic (exact) mass is 266 g/mol. The van der Waals surface area contributed by atoms with Crippen LogP contribution in [0.5, 0.6) is 0 Å². The summed E-state index contributed by atoms with van der Waals surface area (Å²) < 4.78 is 2.43. The standard InChI is InChI=1S/C13H8Cl2S/c1-7-4-10-9-3-2-8(14)5-12(9)16-13(10)6-11(7)15/h2-6H,1H3. The summed E-state index contributed by atoms with van der Waals surface area (Å²) in [4.78, 5) is 0. The van der Waals surface area contributed by atoms with Crippen molar-refractivity contribution < 1.29 is 0 Å². The molecule has 3 aromatic rings. The fraction of sp³-hybridized carbons (Fsp3) is 0.0769. The number of benzene rings is 2. The Morgan fingerprint density at radius 2 is 1.69 bits per heavy atom. The minimum Gasteiger partial charge on any atom is -0.135 e. The van der Waals surface area contributed by atoms with Gasteiger partial charge in [-0.05, 0) is 36.8 Å². The second kappa shape index (κ2) is 3.63. The zero-order valence-electron chi connectivity index (χ0n) is 8.55. The maximum absolute atomic E-state index is 6.13. The van der Waals surface area contributed by atoms with E-state index in [0.29, 0.717) is 0 Å². The van der Waals surface area contributed by atoms with Crippen molar-refractivity contribution in [1.82, 2.24) is 0 Å². The SMILES string of the molecule is Cc1cc2c(cc1Cl)sc1cc(Cl)ccc12. The average Bonchev–Trinajstić information content (AvgIpc) is 2.55. The highest BCUT2D eigenvalue weighted by Crippen LogP contribution is 2.37. The van der Waals surface area contributed by atoms with Gasteiger partial charge in [0.1, 0.15) is 0 Å². The van der Waals surface area contributed by atoms with Gasteiger partial charge in [-0.1, -0.05) is 29.3 Å². The van der Waals surface area contributed by atoms with Crippen molar-refractivity contribution in [2.75, 3.05) is 0 Å². The lowest BCUT2D eigenvalue weighted by atomic mass is 10.1. The molecule has 0 aliphatic carbocycles. The van der Waals surface area contributed by atoms with Crippen molar-refractivity contribution in [3.8, 4) is 0 Å². The van der Waals surface area contributed by atoms with Crippen LogP contribution >= 0.6 is 34.5 Å². The smallest absolute Gasteiger partial charge is 0.0449 e. The van der Waals surface area contributed by atoms with Crippen LogP contribution in [0.1, 0.15) is 5.56 Å². The van der Waals surface area contributed by atoms with E-state index in [1.54, 1.807) is 11.3 Å². The van der Waals surface area contributed by atoms with Gasteiger partial charge in [0.25, 0.3) is 0 Å². The van der Waals surface area contributed by atoms with E-state index < -0.39 is 0 Å². The quantitative estimate of drug-likeness (QED) is 0.492. The lowest BCUT2D eigenvalue weighted by Gasteiger charge is -1.97. The third-order valence-corrected chi connectivity index (χ3v) is 4.47. The van der Waals surface area contributed by atoms with Gasteiger partial charge in [0.2, 0.25) is 0 Å². The maximum Gasteiger partial charge on any atom is 0.0449 e. The molecule has 2 aromatic carbocycles. The Hall–Kier alpha value is -0.760. The number of rotatable bonds is 0. The molecule has 0 nitrogen and oxygen atoms in total. The van der Waals surface area contributed by atoms with Crippen molar-refractivity contribution in [2.45, 2.75) is 6.92 Å². The van der Waals surface area contributed by atoms with Gasteiger partial charge < -0.3 is 0 Å². The molecule has 3 rings (SSSR count). The van der Waals surface area contributed by atoms with Crippen LogP contribution in [0, 0.1) is 6.92 Å². The van der Waals surface area contributed by atoms with E-state index in [0.717, 1.165) is 15.6 Å². The molecule has 16 heavy (non-hydrogen) atoms. The first-order valence-electron chi connectivity index (χ1n) is 4.93. The molecule has 1 heterocycles. The Kier molecular flexibility index (Phi) is 2.36. The lowest BCUT2D eigenvalue weighted by molar-refractivity contribution is 1.52. The zero-order chi connectivity index (χ0) is 11.3. The third kappa shape index (κ3) is 1.51. The summed E-state index contributed by atoms with van der Waals surface area (Å²) in [6.07, 6.45) is 0. The average molecular weight is 267 g/mol. The van der Waals surface area contributed by atoms with Crippen LogP contribution in [-0.2, 0) is 0 Å². The topological polar surface area (TPSA) is 0 Å². The van der Waals surface area contributed by atoms with E-state index in [2.05, 4.69) is 12.1 Å². The van der Waals surface area contributed by atoms with Crippen LogP contribution in [0.15, 0.2) is 30.3 Å². The van der Waals surface area contributed by atoms with Crippen molar-refractivity contribution >= 4 is 54.7 Å². The van der Waals surface area contributed by atoms with Gasteiger partial charge in [-0.15, -0.1) is 11.3 Å². The highest BCUT2D eigenvalue weighted by Gasteiger charge is 2.07. The molecule has 3 heteroatoms. The molecule has 0 aliphatic rings. The first-order chi connectivity index (χ1) is 7.65. The molecule has 0 amide bonds. The summed E-state index contributed by atoms with van der Waals surface area (Å²) in [5, 5.41) is 4.12. The summed E-state index contributed by atoms with van der Waals surface area (Å²) in [7, 11) is 0. The Bertz CT molecular complexity index is 698. The van der Waals surface area contributed by atoms with Gasteiger partial charge in [-0.2, -0.15) is 0 Å². The molecular formula is C13H8Cl2S. The fourth-order valence-corrected chi connectivity index (χ4v) is 3.51. The van der Waals surface area contributed by atoms with Gasteiger partial charge in [0.15, 0.2) is 0 Å². The maximum atomic E-state index is 6.13. The predicted octanol–water partition coefficient (Wildman–Crippen LogP) is 5.67. The molecule has 0 fully saturated rings. The van der Waals surface area contributed by atoms with Crippen molar-refractivity contribution in [2.24, 2.45) is 0 Å². The van der Waals surface area contributed by atoms with Crippen LogP contribution in [-0.4, -0.2) is 0 Å². The summed E-state index contributed by atoms with van der Waals surface area (Å²) in [6.45, 7) is 2.03. The Labute approximate surface area is 107 Å². The van der Waals surface area contributed by atoms with Gasteiger partial charge >= 0.3 is 0 Å². The molecule has 0 radical (unpaired) electrons. The van der Waals surface area contributed by atoms with Crippen LogP contribution in [0.4, 0.5) is 0 Å². The molecule has 0 saturated heterocycles. The molecule has 0 N–H and O–H groups in total. The highest BCUT2D eigenvalue weighted by molar-refractivity contribution is 7.25. The number of halogens is 2. The van der Waals surface area contributed by atoms with Gasteiger partial charge in [-0.25, -0.2) is 0 Å². The van der Waals surface area contributed by atoms with Gasteiger partial charge in [-0.3, -0.25) is 0 Å². The second-order valence-corrected chi connectivity index (χ2v) is 5.77. The molecule has 0 spiro atoms. The highest BCUT2D eigenvalue weighted by atomic mass is 35.5. The summed E-state index contributed by atoms with van der Waals surface area (Å²) in [5.74, 6) is 0. The van der Waals surface area contributed by atoms with Crippen molar-refractivity contribution in [1.29, 1.82) is 0 Å². The minimum absolute atomic E-state index is 0.780. The summed E-state index contributed by atoms with van der Waals surface area (Å²) in [5.41, 5.74) is 1.11. The zero-order valence-corrected chi connectivity index (χ0v) is 10.9. The fourth-order valence-electron chi connectivity index (χ4n) is 1.88. The number of hydrogen-bond acceptors (Lipinski definition) is 1. The van der Waals surface area contributed by atoms with E-state index in [-0.39, 0.29) is 0 Å². The normalized spacial score (nSPS) is 11.4. The lowest BCUT2D eigenvalue weighted by Crippen LogP contribution is -1.74. The van der Waals surface area contributed by atoms with Crippen molar-refractivity contribution in [3.63, 3.8) is 0 Å². The number of fused-ring (bicyclic) bond motifs is 3. The van der Waals surface area contributed by atoms with Crippen LogP contribution in [0.2, 0.25) is 10.0 Å². The molecule has 0 aliphatic heterocycles. The summed E-state index contributed by atoms with van der Waals surface area (Å²) >= 11 is 13.8. The second-order valence-electron chi connectivity index (χ2n) is 3.84. The minimum atomic E-state index is 0.780. The predicted molar refractivity (Wildman–Crippen MR) is 74.1 cm³/mol. The van der Waals surface area contributed by atoms with Crippen LogP contribution in [0.25, 0.3) is 20.2 Å². The summed E-state index contributed by atoms with van der Waals surface area (Å²) in [6, 6.07) is 10.2. The van der Waals surface area contributed by atoms with E-state index >= 15 is 0 Å².